The summed E-state index contributed by atoms with van der Waals surface area (Å²) in [5.41, 5.74) is 2.17. The number of hydrogen-bond donors (Lipinski definition) is 1. The predicted molar refractivity (Wildman–Crippen MR) is 138 cm³/mol. The fourth-order valence-electron chi connectivity index (χ4n) is 4.08. The number of benzene rings is 3. The van der Waals surface area contributed by atoms with Gasteiger partial charge in [-0.3, -0.25) is 0 Å². The molecule has 5 rings (SSSR count). The summed E-state index contributed by atoms with van der Waals surface area (Å²) in [6.45, 7) is 2.16. The molecule has 2 heterocycles. The Morgan fingerprint density at radius 2 is 1.88 bits per heavy atom. The molecule has 1 aromatic heterocycles. The Balaban J connectivity index is 1.69. The van der Waals surface area contributed by atoms with Gasteiger partial charge in [0.2, 0.25) is 0 Å². The van der Waals surface area contributed by atoms with Gasteiger partial charge in [0.15, 0.2) is 0 Å². The van der Waals surface area contributed by atoms with Gasteiger partial charge in [0.25, 0.3) is 0 Å². The second-order valence-electron chi connectivity index (χ2n) is 8.14. The van der Waals surface area contributed by atoms with Crippen LogP contribution in [0.4, 0.5) is 4.39 Å². The van der Waals surface area contributed by atoms with Crippen molar-refractivity contribution >= 4 is 61.5 Å². The predicted octanol–water partition coefficient (Wildman–Crippen LogP) is 6.14. The third kappa shape index (κ3) is 4.78. The van der Waals surface area contributed by atoms with Crippen LogP contribution in [0, 0.1) is 5.82 Å². The maximum atomic E-state index is 14.4. The van der Waals surface area contributed by atoms with E-state index < -0.39 is 5.82 Å². The van der Waals surface area contributed by atoms with Gasteiger partial charge in [-0.1, -0.05) is 0 Å². The van der Waals surface area contributed by atoms with E-state index in [1.807, 2.05) is 18.2 Å². The van der Waals surface area contributed by atoms with E-state index in [0.717, 1.165) is 28.6 Å². The fourth-order valence-corrected chi connectivity index (χ4v) is 7.15. The van der Waals surface area contributed by atoms with Gasteiger partial charge in [0, 0.05) is 0 Å². The van der Waals surface area contributed by atoms with Crippen LogP contribution in [0.25, 0.3) is 28.0 Å². The van der Waals surface area contributed by atoms with Gasteiger partial charge in [0.1, 0.15) is 0 Å². The molecule has 1 saturated heterocycles. The number of aromatic nitrogens is 2. The first-order valence-corrected chi connectivity index (χ1v) is 14.3. The van der Waals surface area contributed by atoms with Crippen molar-refractivity contribution in [2.45, 2.75) is 16.3 Å². The third-order valence-electron chi connectivity index (χ3n) is 5.83. The van der Waals surface area contributed by atoms with E-state index in [-0.39, 0.29) is 26.3 Å². The molecule has 0 saturated carbocycles. The summed E-state index contributed by atoms with van der Waals surface area (Å²) in [6, 6.07) is 15.0. The molecule has 34 heavy (non-hydrogen) atoms. The normalized spacial score (nSPS) is 16.2. The van der Waals surface area contributed by atoms with E-state index in [4.69, 9.17) is 39.8 Å². The molecular formula is C25H19AsCl3FN3O. The first-order valence-electron chi connectivity index (χ1n) is 10.7. The molecule has 0 aliphatic carbocycles. The van der Waals surface area contributed by atoms with Crippen LogP contribution in [0.3, 0.4) is 0 Å². The number of nitrogens with zero attached hydrogens (tertiary/aromatic N) is 2. The standard InChI is InChI=1S/C25H19AsCl3FN3O/c27-16-2-4-18-23(10-16)32-24(33(25(18)34)17-3-6-21(29)22(30)11-17)19-9-14(1-5-20(19)28)12-26-15-7-8-31-13-15/h1-6,9-11,15,31H,7-8,12-13H2. The molecule has 1 unspecified atom stereocenters. The molecule has 0 spiro atoms. The number of hydrogen-bond acceptors (Lipinski definition) is 3. The zero-order valence-corrected chi connectivity index (χ0v) is 22.0. The molecule has 1 atom stereocenters. The molecule has 0 bridgehead atoms. The van der Waals surface area contributed by atoms with Gasteiger partial charge in [-0.25, -0.2) is 0 Å². The topological polar surface area (TPSA) is 46.9 Å². The van der Waals surface area contributed by atoms with Gasteiger partial charge in [0.05, 0.1) is 0 Å². The third-order valence-corrected chi connectivity index (χ3v) is 9.86. The Morgan fingerprint density at radius 3 is 2.65 bits per heavy atom. The maximum absolute atomic E-state index is 14.4. The van der Waals surface area contributed by atoms with Crippen LogP contribution >= 0.6 is 34.8 Å². The summed E-state index contributed by atoms with van der Waals surface area (Å²) in [5.74, 6) is -0.297. The van der Waals surface area contributed by atoms with Crippen LogP contribution in [-0.4, -0.2) is 38.4 Å². The Bertz CT molecular complexity index is 1450. The molecule has 9 heteroatoms. The van der Waals surface area contributed by atoms with E-state index >= 15 is 0 Å². The number of halogens is 4. The van der Waals surface area contributed by atoms with Crippen LogP contribution < -0.4 is 10.9 Å². The minimum absolute atomic E-state index is 0.0244. The molecule has 1 N–H and O–H groups in total. The number of rotatable bonds is 5. The van der Waals surface area contributed by atoms with Gasteiger partial charge >= 0.3 is 219 Å². The fraction of sp³-hybridized carbons (Fsp3) is 0.200. The molecule has 4 nitrogen and oxygen atoms in total. The van der Waals surface area contributed by atoms with E-state index in [9.17, 15) is 9.18 Å². The van der Waals surface area contributed by atoms with Crippen molar-refractivity contribution in [2.75, 3.05) is 13.1 Å². The van der Waals surface area contributed by atoms with Crippen molar-refractivity contribution in [1.82, 2.24) is 14.9 Å². The van der Waals surface area contributed by atoms with E-state index in [1.165, 1.54) is 23.1 Å². The average Bonchev–Trinajstić information content (AvgIpc) is 3.34. The van der Waals surface area contributed by atoms with E-state index in [1.54, 1.807) is 24.3 Å². The van der Waals surface area contributed by atoms with Gasteiger partial charge in [-0.15, -0.1) is 0 Å². The van der Waals surface area contributed by atoms with Crippen molar-refractivity contribution in [1.29, 1.82) is 0 Å². The van der Waals surface area contributed by atoms with Gasteiger partial charge < -0.3 is 0 Å². The zero-order chi connectivity index (χ0) is 23.8. The summed E-state index contributed by atoms with van der Waals surface area (Å²) in [7, 11) is 0. The molecule has 0 amide bonds. The molecular weight excluding hydrogens is 559 g/mol. The van der Waals surface area contributed by atoms with Crippen molar-refractivity contribution in [3.63, 3.8) is 0 Å². The molecule has 1 aliphatic heterocycles. The zero-order valence-electron chi connectivity index (χ0n) is 17.9. The quantitative estimate of drug-likeness (QED) is 0.290. The summed E-state index contributed by atoms with van der Waals surface area (Å²) >= 11 is 18.8. The van der Waals surface area contributed by atoms with Gasteiger partial charge in [-0.2, -0.15) is 0 Å². The molecule has 1 fully saturated rings. The summed E-state index contributed by atoms with van der Waals surface area (Å²) < 4.78 is 16.5. The van der Waals surface area contributed by atoms with Crippen LogP contribution in [-0.2, 0) is 5.21 Å². The minimum atomic E-state index is -0.623. The molecule has 1 radical (unpaired) electrons. The Hall–Kier alpha value is -1.88. The summed E-state index contributed by atoms with van der Waals surface area (Å²) in [6.07, 6.45) is 1.22. The van der Waals surface area contributed by atoms with Crippen molar-refractivity contribution < 1.29 is 4.39 Å². The first kappa shape index (κ1) is 23.8. The second-order valence-corrected chi connectivity index (χ2v) is 12.3. The average molecular weight is 578 g/mol. The monoisotopic (exact) mass is 576 g/mol. The van der Waals surface area contributed by atoms with Crippen molar-refractivity contribution in [3.8, 4) is 17.1 Å². The first-order chi connectivity index (χ1) is 16.4. The van der Waals surface area contributed by atoms with Crippen LogP contribution in [0.5, 0.6) is 0 Å². The molecule has 1 aliphatic rings. The van der Waals surface area contributed by atoms with Gasteiger partial charge in [-0.05, 0) is 0 Å². The number of fused-ring (bicyclic) bond motifs is 1. The molecule has 4 aromatic rings. The molecule has 3 aromatic carbocycles. The summed E-state index contributed by atoms with van der Waals surface area (Å²) in [5, 5.41) is 5.67. The van der Waals surface area contributed by atoms with Crippen LogP contribution in [0.1, 0.15) is 12.0 Å². The Morgan fingerprint density at radius 1 is 1.06 bits per heavy atom. The Labute approximate surface area is 217 Å². The SMILES string of the molecule is O=c1c2ccc(Cl)cc2nc(-c2cc(C[As]C3CCNC3)ccc2Cl)n1-c1ccc(Cl)c(F)c1. The van der Waals surface area contributed by atoms with Crippen LogP contribution in [0.2, 0.25) is 19.8 Å². The Kier molecular flexibility index (Phi) is 7.02. The van der Waals surface area contributed by atoms with E-state index in [2.05, 4.69) is 5.32 Å². The van der Waals surface area contributed by atoms with Crippen molar-refractivity contribution in [3.05, 3.63) is 91.4 Å². The second kappa shape index (κ2) is 10.0. The van der Waals surface area contributed by atoms with E-state index in [0.29, 0.717) is 38.0 Å². The van der Waals surface area contributed by atoms with Crippen molar-refractivity contribution in [2.24, 2.45) is 0 Å². The number of nitrogens with one attached hydrogen (secondary N) is 1. The summed E-state index contributed by atoms with van der Waals surface area (Å²) in [4.78, 5) is 18.4. The molecule has 173 valence electrons. The van der Waals surface area contributed by atoms with Crippen LogP contribution in [0.15, 0.2) is 59.4 Å².